The Balaban J connectivity index is 2.12. The minimum Gasteiger partial charge on any atom is -0.395 e. The van der Waals surface area contributed by atoms with Crippen molar-refractivity contribution in [3.63, 3.8) is 0 Å². The first-order valence-electron chi connectivity index (χ1n) is 5.78. The highest BCUT2D eigenvalue weighted by atomic mass is 16.3. The fourth-order valence-electron chi connectivity index (χ4n) is 2.92. The Morgan fingerprint density at radius 3 is 2.69 bits per heavy atom. The van der Waals surface area contributed by atoms with Gasteiger partial charge in [-0.05, 0) is 41.0 Å². The van der Waals surface area contributed by atoms with E-state index in [0.717, 1.165) is 11.9 Å². The molecule has 0 aliphatic heterocycles. The van der Waals surface area contributed by atoms with Crippen molar-refractivity contribution in [1.29, 1.82) is 0 Å². The fraction of sp³-hybridized carbons (Fsp3) is 0.429. The summed E-state index contributed by atoms with van der Waals surface area (Å²) >= 11 is 0. The van der Waals surface area contributed by atoms with E-state index in [1.165, 1.54) is 10.9 Å². The van der Waals surface area contributed by atoms with Gasteiger partial charge in [0.1, 0.15) is 0 Å². The van der Waals surface area contributed by atoms with Gasteiger partial charge in [-0.1, -0.05) is 19.9 Å². The zero-order chi connectivity index (χ0) is 11.4. The summed E-state index contributed by atoms with van der Waals surface area (Å²) < 4.78 is 0. The molecule has 2 aromatic rings. The van der Waals surface area contributed by atoms with Crippen LogP contribution < -0.4 is 0 Å². The van der Waals surface area contributed by atoms with Crippen molar-refractivity contribution in [1.82, 2.24) is 4.98 Å². The molecule has 1 aliphatic rings. The molecule has 1 atom stereocenters. The normalized spacial score (nSPS) is 27.2. The largest absolute Gasteiger partial charge is 0.395 e. The number of aromatic nitrogens is 1. The predicted molar refractivity (Wildman–Crippen MR) is 65.5 cm³/mol. The Hall–Kier alpha value is -1.28. The van der Waals surface area contributed by atoms with Gasteiger partial charge in [-0.15, -0.1) is 0 Å². The summed E-state index contributed by atoms with van der Waals surface area (Å²) in [6.45, 7) is 4.70. The van der Waals surface area contributed by atoms with Gasteiger partial charge >= 0.3 is 0 Å². The Morgan fingerprint density at radius 1 is 1.31 bits per heavy atom. The molecule has 3 rings (SSSR count). The molecule has 0 amide bonds. The molecule has 0 spiro atoms. The van der Waals surface area contributed by atoms with Gasteiger partial charge in [-0.2, -0.15) is 0 Å². The maximum atomic E-state index is 9.66. The first-order chi connectivity index (χ1) is 7.59. The quantitative estimate of drug-likeness (QED) is 0.794. The van der Waals surface area contributed by atoms with Gasteiger partial charge in [-0.3, -0.25) is 0 Å². The van der Waals surface area contributed by atoms with Crippen LogP contribution in [0.2, 0.25) is 0 Å². The molecule has 1 aliphatic carbocycles. The van der Waals surface area contributed by atoms with Crippen molar-refractivity contribution < 1.29 is 5.11 Å². The van der Waals surface area contributed by atoms with E-state index < -0.39 is 0 Å². The molecule has 84 valence electrons. The Bertz CT molecular complexity index is 540. The van der Waals surface area contributed by atoms with E-state index in [-0.39, 0.29) is 17.4 Å². The minimum absolute atomic E-state index is 0.0154. The zero-order valence-electron chi connectivity index (χ0n) is 9.75. The summed E-state index contributed by atoms with van der Waals surface area (Å²) in [6, 6.07) is 8.54. The van der Waals surface area contributed by atoms with E-state index in [9.17, 15) is 5.11 Å². The second-order valence-corrected chi connectivity index (χ2v) is 5.58. The van der Waals surface area contributed by atoms with Gasteiger partial charge in [0, 0.05) is 17.1 Å². The van der Waals surface area contributed by atoms with Crippen LogP contribution in [0.15, 0.2) is 30.5 Å². The van der Waals surface area contributed by atoms with E-state index in [4.69, 9.17) is 0 Å². The van der Waals surface area contributed by atoms with Crippen LogP contribution >= 0.6 is 0 Å². The number of aliphatic hydroxyl groups excluding tert-OH is 1. The molecule has 1 heterocycles. The number of fused-ring (bicyclic) bond motifs is 1. The molecule has 0 bridgehead atoms. The number of nitrogens with one attached hydrogen (secondary N) is 1. The summed E-state index contributed by atoms with van der Waals surface area (Å²) in [4.78, 5) is 3.19. The van der Waals surface area contributed by atoms with Crippen molar-refractivity contribution in [3.05, 3.63) is 36.0 Å². The number of hydrogen-bond acceptors (Lipinski definition) is 1. The van der Waals surface area contributed by atoms with Gasteiger partial charge in [0.15, 0.2) is 0 Å². The third-order valence-electron chi connectivity index (χ3n) is 4.29. The second-order valence-electron chi connectivity index (χ2n) is 5.58. The van der Waals surface area contributed by atoms with E-state index >= 15 is 0 Å². The van der Waals surface area contributed by atoms with Crippen LogP contribution in [0.4, 0.5) is 0 Å². The Labute approximate surface area is 95.3 Å². The smallest absolute Gasteiger partial charge is 0.0533 e. The molecule has 1 fully saturated rings. The number of aliphatic hydroxyl groups is 1. The van der Waals surface area contributed by atoms with Gasteiger partial charge in [0.05, 0.1) is 6.61 Å². The van der Waals surface area contributed by atoms with Gasteiger partial charge in [-0.25, -0.2) is 0 Å². The van der Waals surface area contributed by atoms with Crippen molar-refractivity contribution in [2.75, 3.05) is 6.61 Å². The van der Waals surface area contributed by atoms with Crippen LogP contribution in [-0.2, 0) is 5.41 Å². The maximum Gasteiger partial charge on any atom is 0.0533 e. The third-order valence-corrected chi connectivity index (χ3v) is 4.29. The monoisotopic (exact) mass is 215 g/mol. The summed E-state index contributed by atoms with van der Waals surface area (Å²) in [5, 5.41) is 10.9. The van der Waals surface area contributed by atoms with Crippen molar-refractivity contribution in [3.8, 4) is 0 Å². The molecule has 2 heteroatoms. The van der Waals surface area contributed by atoms with Crippen LogP contribution in [0.3, 0.4) is 0 Å². The molecule has 2 N–H and O–H groups in total. The Morgan fingerprint density at radius 2 is 2.06 bits per heavy atom. The number of aromatic amines is 1. The third kappa shape index (κ3) is 1.11. The standard InChI is InChI=1S/C14H17NO/c1-13(2)8-14(13,9-16)11-3-4-12-10(7-11)5-6-15-12/h3-7,15-16H,8-9H2,1-2H3. The molecule has 2 nitrogen and oxygen atoms in total. The van der Waals surface area contributed by atoms with Gasteiger partial charge in [0.2, 0.25) is 0 Å². The molecular weight excluding hydrogens is 198 g/mol. The second kappa shape index (κ2) is 2.89. The fourth-order valence-corrected chi connectivity index (χ4v) is 2.92. The predicted octanol–water partition coefficient (Wildman–Crippen LogP) is 2.83. The van der Waals surface area contributed by atoms with Crippen molar-refractivity contribution >= 4 is 10.9 Å². The molecule has 0 saturated heterocycles. The topological polar surface area (TPSA) is 36.0 Å². The number of benzene rings is 1. The zero-order valence-corrected chi connectivity index (χ0v) is 9.75. The van der Waals surface area contributed by atoms with E-state index in [0.29, 0.717) is 0 Å². The van der Waals surface area contributed by atoms with Crippen LogP contribution in [0.5, 0.6) is 0 Å². The SMILES string of the molecule is CC1(C)CC1(CO)c1ccc2[nH]ccc2c1. The lowest BCUT2D eigenvalue weighted by molar-refractivity contribution is 0.231. The van der Waals surface area contributed by atoms with E-state index in [1.807, 2.05) is 6.20 Å². The summed E-state index contributed by atoms with van der Waals surface area (Å²) in [5.41, 5.74) is 2.65. The van der Waals surface area contributed by atoms with Crippen molar-refractivity contribution in [2.24, 2.45) is 5.41 Å². The lowest BCUT2D eigenvalue weighted by Gasteiger charge is -2.18. The van der Waals surface area contributed by atoms with E-state index in [1.54, 1.807) is 0 Å². The number of hydrogen-bond donors (Lipinski definition) is 2. The average molecular weight is 215 g/mol. The molecule has 1 unspecified atom stereocenters. The highest BCUT2D eigenvalue weighted by molar-refractivity contribution is 5.80. The lowest BCUT2D eigenvalue weighted by atomic mass is 9.88. The highest BCUT2D eigenvalue weighted by Crippen LogP contribution is 2.64. The first kappa shape index (κ1) is 9.91. The number of H-pyrrole nitrogens is 1. The van der Waals surface area contributed by atoms with Gasteiger partial charge in [0.25, 0.3) is 0 Å². The first-order valence-corrected chi connectivity index (χ1v) is 5.78. The molecular formula is C14H17NO. The van der Waals surface area contributed by atoms with Crippen LogP contribution in [-0.4, -0.2) is 16.7 Å². The molecule has 1 aromatic heterocycles. The summed E-state index contributed by atoms with van der Waals surface area (Å²) in [7, 11) is 0. The van der Waals surface area contributed by atoms with Crippen LogP contribution in [0, 0.1) is 5.41 Å². The van der Waals surface area contributed by atoms with Crippen LogP contribution in [0.1, 0.15) is 25.8 Å². The molecule has 1 saturated carbocycles. The minimum atomic E-state index is -0.0154. The van der Waals surface area contributed by atoms with E-state index in [2.05, 4.69) is 43.1 Å². The van der Waals surface area contributed by atoms with Crippen LogP contribution in [0.25, 0.3) is 10.9 Å². The maximum absolute atomic E-state index is 9.66. The molecule has 16 heavy (non-hydrogen) atoms. The highest BCUT2D eigenvalue weighted by Gasteiger charge is 2.61. The Kier molecular flexibility index (Phi) is 1.79. The summed E-state index contributed by atoms with van der Waals surface area (Å²) in [6.07, 6.45) is 3.03. The lowest BCUT2D eigenvalue weighted by Crippen LogP contribution is -2.19. The van der Waals surface area contributed by atoms with Gasteiger partial charge < -0.3 is 10.1 Å². The van der Waals surface area contributed by atoms with Crippen molar-refractivity contribution in [2.45, 2.75) is 25.7 Å². The summed E-state index contributed by atoms with van der Waals surface area (Å²) in [5.74, 6) is 0. The number of rotatable bonds is 2. The molecule has 0 radical (unpaired) electrons. The average Bonchev–Trinajstić information content (AvgIpc) is 2.63. The molecule has 1 aromatic carbocycles.